The Bertz CT molecular complexity index is 854. The van der Waals surface area contributed by atoms with Gasteiger partial charge in [-0.1, -0.05) is 6.07 Å². The predicted molar refractivity (Wildman–Crippen MR) is 106 cm³/mol. The number of anilines is 1. The molecule has 0 saturated carbocycles. The van der Waals surface area contributed by atoms with Gasteiger partial charge in [-0.2, -0.15) is 0 Å². The third-order valence-corrected chi connectivity index (χ3v) is 5.35. The molecular weight excluding hydrogens is 377 g/mol. The summed E-state index contributed by atoms with van der Waals surface area (Å²) in [5, 5.41) is 2.81. The number of halogens is 1. The number of piperazine rings is 1. The van der Waals surface area contributed by atoms with E-state index in [1.165, 1.54) is 19.2 Å². The molecular formula is C21H24FN3O4. The first-order valence-electron chi connectivity index (χ1n) is 9.60. The van der Waals surface area contributed by atoms with E-state index < -0.39 is 6.09 Å². The number of carbonyl (C=O) groups is 1. The summed E-state index contributed by atoms with van der Waals surface area (Å²) in [6.45, 7) is 3.87. The molecule has 0 aromatic heterocycles. The maximum atomic E-state index is 13.2. The monoisotopic (exact) mass is 401 g/mol. The van der Waals surface area contributed by atoms with Gasteiger partial charge in [-0.3, -0.25) is 4.90 Å². The molecule has 29 heavy (non-hydrogen) atoms. The number of hydrogen-bond donors (Lipinski definition) is 1. The van der Waals surface area contributed by atoms with Crippen molar-refractivity contribution in [3.8, 4) is 11.5 Å². The van der Waals surface area contributed by atoms with Crippen LogP contribution in [0.1, 0.15) is 11.6 Å². The Morgan fingerprint density at radius 3 is 2.55 bits per heavy atom. The van der Waals surface area contributed by atoms with E-state index in [-0.39, 0.29) is 18.7 Å². The lowest BCUT2D eigenvalue weighted by Gasteiger charge is -2.40. The first kappa shape index (κ1) is 19.3. The molecule has 1 N–H and O–H groups in total. The van der Waals surface area contributed by atoms with Gasteiger partial charge in [-0.05, 0) is 42.0 Å². The van der Waals surface area contributed by atoms with Gasteiger partial charge >= 0.3 is 6.09 Å². The van der Waals surface area contributed by atoms with Crippen molar-refractivity contribution in [2.24, 2.45) is 0 Å². The predicted octanol–water partition coefficient (Wildman–Crippen LogP) is 2.77. The Labute approximate surface area is 168 Å². The fourth-order valence-electron chi connectivity index (χ4n) is 3.77. The summed E-state index contributed by atoms with van der Waals surface area (Å²) < 4.78 is 28.8. The molecule has 1 saturated heterocycles. The van der Waals surface area contributed by atoms with Gasteiger partial charge in [0.1, 0.15) is 5.82 Å². The minimum absolute atomic E-state index is 0.0287. The summed E-state index contributed by atoms with van der Waals surface area (Å²) in [5.74, 6) is 1.22. The molecule has 2 aliphatic rings. The molecule has 2 aromatic carbocycles. The van der Waals surface area contributed by atoms with Crippen LogP contribution in [0.3, 0.4) is 0 Å². The number of methoxy groups -OCH3 is 1. The molecule has 1 atom stereocenters. The number of nitrogens with zero attached hydrogens (tertiary/aromatic N) is 2. The third kappa shape index (κ3) is 4.37. The first-order chi connectivity index (χ1) is 14.1. The SMILES string of the molecule is COC(=O)NC[C@@H](c1ccc2c(c1)OCO2)N1CCN(c2ccc(F)cc2)CC1. The normalized spacial score (nSPS) is 17.1. The van der Waals surface area contributed by atoms with Gasteiger partial charge in [0.05, 0.1) is 13.2 Å². The number of amides is 1. The molecule has 0 aliphatic carbocycles. The van der Waals surface area contributed by atoms with Gasteiger partial charge in [0, 0.05) is 38.4 Å². The quantitative estimate of drug-likeness (QED) is 0.831. The molecule has 7 nitrogen and oxygen atoms in total. The molecule has 1 amide bonds. The van der Waals surface area contributed by atoms with Gasteiger partial charge in [-0.25, -0.2) is 9.18 Å². The topological polar surface area (TPSA) is 63.3 Å². The van der Waals surface area contributed by atoms with Crippen LogP contribution >= 0.6 is 0 Å². The lowest BCUT2D eigenvalue weighted by Crippen LogP contribution is -2.50. The van der Waals surface area contributed by atoms with Gasteiger partial charge in [0.25, 0.3) is 0 Å². The minimum atomic E-state index is -0.458. The van der Waals surface area contributed by atoms with Crippen LogP contribution in [-0.4, -0.2) is 57.6 Å². The highest BCUT2D eigenvalue weighted by atomic mass is 19.1. The molecule has 0 radical (unpaired) electrons. The second kappa shape index (κ2) is 8.57. The smallest absolute Gasteiger partial charge is 0.406 e. The molecule has 8 heteroatoms. The highest BCUT2D eigenvalue weighted by molar-refractivity contribution is 5.67. The van der Waals surface area contributed by atoms with E-state index in [0.717, 1.165) is 48.9 Å². The number of fused-ring (bicyclic) bond motifs is 1. The Balaban J connectivity index is 1.48. The van der Waals surface area contributed by atoms with Gasteiger partial charge in [-0.15, -0.1) is 0 Å². The van der Waals surface area contributed by atoms with Crippen molar-refractivity contribution in [2.75, 3.05) is 51.5 Å². The van der Waals surface area contributed by atoms with Crippen LogP contribution in [0.4, 0.5) is 14.9 Å². The molecule has 2 aromatic rings. The summed E-state index contributed by atoms with van der Waals surface area (Å²) in [6, 6.07) is 12.4. The van der Waals surface area contributed by atoms with E-state index in [1.54, 1.807) is 12.1 Å². The number of ether oxygens (including phenoxy) is 3. The average molecular weight is 401 g/mol. The molecule has 1 fully saturated rings. The van der Waals surface area contributed by atoms with Crippen molar-refractivity contribution in [1.29, 1.82) is 0 Å². The van der Waals surface area contributed by atoms with Crippen LogP contribution in [0.2, 0.25) is 0 Å². The van der Waals surface area contributed by atoms with E-state index in [9.17, 15) is 9.18 Å². The second-order valence-electron chi connectivity index (χ2n) is 7.00. The zero-order valence-electron chi connectivity index (χ0n) is 16.3. The number of carbonyl (C=O) groups excluding carboxylic acids is 1. The van der Waals surface area contributed by atoms with Crippen molar-refractivity contribution in [3.05, 3.63) is 53.8 Å². The van der Waals surface area contributed by atoms with Crippen molar-refractivity contribution in [3.63, 3.8) is 0 Å². The highest BCUT2D eigenvalue weighted by Gasteiger charge is 2.27. The summed E-state index contributed by atoms with van der Waals surface area (Å²) in [7, 11) is 1.35. The van der Waals surface area contributed by atoms with Gasteiger partial charge in [0.2, 0.25) is 6.79 Å². The number of nitrogens with one attached hydrogen (secondary N) is 1. The molecule has 0 bridgehead atoms. The zero-order chi connectivity index (χ0) is 20.2. The highest BCUT2D eigenvalue weighted by Crippen LogP contribution is 2.35. The van der Waals surface area contributed by atoms with E-state index >= 15 is 0 Å². The van der Waals surface area contributed by atoms with Gasteiger partial charge in [0.15, 0.2) is 11.5 Å². The first-order valence-corrected chi connectivity index (χ1v) is 9.60. The van der Waals surface area contributed by atoms with E-state index in [2.05, 4.69) is 15.1 Å². The lowest BCUT2D eigenvalue weighted by molar-refractivity contribution is 0.154. The summed E-state index contributed by atoms with van der Waals surface area (Å²) in [5.41, 5.74) is 2.05. The molecule has 2 heterocycles. The second-order valence-corrected chi connectivity index (χ2v) is 7.00. The minimum Gasteiger partial charge on any atom is -0.454 e. The van der Waals surface area contributed by atoms with Crippen LogP contribution in [0, 0.1) is 5.82 Å². The Morgan fingerprint density at radius 1 is 1.10 bits per heavy atom. The van der Waals surface area contributed by atoms with Crippen LogP contribution in [0.25, 0.3) is 0 Å². The third-order valence-electron chi connectivity index (χ3n) is 5.35. The average Bonchev–Trinajstić information content (AvgIpc) is 3.23. The van der Waals surface area contributed by atoms with Crippen molar-refractivity contribution in [1.82, 2.24) is 10.2 Å². The fraction of sp³-hybridized carbons (Fsp3) is 0.381. The maximum absolute atomic E-state index is 13.2. The summed E-state index contributed by atoms with van der Waals surface area (Å²) in [4.78, 5) is 16.2. The number of rotatable bonds is 5. The molecule has 2 aliphatic heterocycles. The van der Waals surface area contributed by atoms with Crippen molar-refractivity contribution in [2.45, 2.75) is 6.04 Å². The van der Waals surface area contributed by atoms with E-state index in [1.807, 2.05) is 18.2 Å². The fourth-order valence-corrected chi connectivity index (χ4v) is 3.77. The standard InChI is InChI=1S/C21H24FN3O4/c1-27-21(26)23-13-18(15-2-7-19-20(12-15)29-14-28-19)25-10-8-24(9-11-25)17-5-3-16(22)4-6-17/h2-7,12,18H,8-11,13-14H2,1H3,(H,23,26)/t18-/m0/s1. The number of alkyl carbamates (subject to hydrolysis) is 1. The van der Waals surface area contributed by atoms with Crippen LogP contribution in [0.15, 0.2) is 42.5 Å². The maximum Gasteiger partial charge on any atom is 0.406 e. The number of hydrogen-bond acceptors (Lipinski definition) is 6. The van der Waals surface area contributed by atoms with E-state index in [4.69, 9.17) is 14.2 Å². The van der Waals surface area contributed by atoms with Crippen LogP contribution in [0.5, 0.6) is 11.5 Å². The van der Waals surface area contributed by atoms with Crippen molar-refractivity contribution >= 4 is 11.8 Å². The molecule has 0 spiro atoms. The van der Waals surface area contributed by atoms with Gasteiger partial charge < -0.3 is 24.4 Å². The number of benzene rings is 2. The molecule has 0 unspecified atom stereocenters. The largest absolute Gasteiger partial charge is 0.454 e. The molecule has 4 rings (SSSR count). The Kier molecular flexibility index (Phi) is 5.71. The van der Waals surface area contributed by atoms with Crippen LogP contribution < -0.4 is 19.7 Å². The van der Waals surface area contributed by atoms with Crippen LogP contribution in [-0.2, 0) is 4.74 Å². The zero-order valence-corrected chi connectivity index (χ0v) is 16.3. The Hall–Kier alpha value is -3.00. The van der Waals surface area contributed by atoms with E-state index in [0.29, 0.717) is 6.54 Å². The Morgan fingerprint density at radius 2 is 1.83 bits per heavy atom. The lowest BCUT2D eigenvalue weighted by atomic mass is 10.0. The molecule has 154 valence electrons. The summed E-state index contributed by atoms with van der Waals surface area (Å²) >= 11 is 0. The summed E-state index contributed by atoms with van der Waals surface area (Å²) in [6.07, 6.45) is -0.458. The van der Waals surface area contributed by atoms with Crippen molar-refractivity contribution < 1.29 is 23.4 Å².